The standard InChI is InChI=1S/C23H27N3O6S/c1-12(27)20(24)23(28)25-16-8-13(6-7-17(16)29-2)15-11-33-26-21(15)14-9-18(30-3)22(32-5)19(10-14)31-4/h6-12,20,27H,24H2,1-5H3,(H,25,28)/p+1/t12?,20-/m0/s1. The zero-order chi connectivity index (χ0) is 24.1. The van der Waals surface area contributed by atoms with Crippen molar-refractivity contribution in [3.63, 3.8) is 0 Å². The number of carbonyl (C=O) groups is 1. The number of aliphatic hydroxyl groups excluding tert-OH is 1. The average molecular weight is 475 g/mol. The van der Waals surface area contributed by atoms with E-state index in [1.54, 1.807) is 33.5 Å². The van der Waals surface area contributed by atoms with E-state index in [1.165, 1.54) is 25.6 Å². The number of benzene rings is 2. The summed E-state index contributed by atoms with van der Waals surface area (Å²) in [5, 5.41) is 14.4. The highest BCUT2D eigenvalue weighted by Crippen LogP contribution is 2.44. The van der Waals surface area contributed by atoms with Gasteiger partial charge in [0.05, 0.1) is 39.8 Å². The third-order valence-corrected chi connectivity index (χ3v) is 5.82. The number of anilines is 1. The lowest BCUT2D eigenvalue weighted by Crippen LogP contribution is -2.70. The van der Waals surface area contributed by atoms with Crippen LogP contribution >= 0.6 is 11.5 Å². The van der Waals surface area contributed by atoms with Crippen molar-refractivity contribution in [1.82, 2.24) is 4.37 Å². The first-order chi connectivity index (χ1) is 15.8. The van der Waals surface area contributed by atoms with Crippen molar-refractivity contribution in [2.45, 2.75) is 19.1 Å². The lowest BCUT2D eigenvalue weighted by Gasteiger charge is -2.16. The Bertz CT molecular complexity index is 1110. The van der Waals surface area contributed by atoms with Crippen LogP contribution in [0, 0.1) is 0 Å². The summed E-state index contributed by atoms with van der Waals surface area (Å²) in [7, 11) is 6.19. The van der Waals surface area contributed by atoms with Gasteiger partial charge in [0.2, 0.25) is 5.75 Å². The Morgan fingerprint density at radius 3 is 2.18 bits per heavy atom. The number of aliphatic hydroxyl groups is 1. The van der Waals surface area contributed by atoms with Crippen LogP contribution in [0.5, 0.6) is 23.0 Å². The Hall–Kier alpha value is -3.34. The highest BCUT2D eigenvalue weighted by Gasteiger charge is 2.24. The molecule has 0 saturated carbocycles. The van der Waals surface area contributed by atoms with E-state index in [4.69, 9.17) is 18.9 Å². The van der Waals surface area contributed by atoms with Gasteiger partial charge in [0.25, 0.3) is 5.91 Å². The van der Waals surface area contributed by atoms with E-state index in [0.717, 1.165) is 22.4 Å². The van der Waals surface area contributed by atoms with Crippen molar-refractivity contribution in [3.05, 3.63) is 35.7 Å². The Kier molecular flexibility index (Phi) is 7.75. The van der Waals surface area contributed by atoms with Crippen LogP contribution in [0.3, 0.4) is 0 Å². The number of quaternary nitrogens is 1. The molecular weight excluding hydrogens is 446 g/mol. The van der Waals surface area contributed by atoms with Crippen LogP contribution in [-0.4, -0.2) is 56.0 Å². The van der Waals surface area contributed by atoms with E-state index >= 15 is 0 Å². The molecule has 0 aliphatic rings. The van der Waals surface area contributed by atoms with Gasteiger partial charge in [-0.25, -0.2) is 0 Å². The molecule has 33 heavy (non-hydrogen) atoms. The minimum atomic E-state index is -0.883. The first-order valence-corrected chi connectivity index (χ1v) is 10.9. The van der Waals surface area contributed by atoms with Gasteiger partial charge >= 0.3 is 0 Å². The average Bonchev–Trinajstić information content (AvgIpc) is 3.32. The third kappa shape index (κ3) is 5.03. The number of hydrogen-bond acceptors (Lipinski definition) is 8. The number of methoxy groups -OCH3 is 4. The summed E-state index contributed by atoms with van der Waals surface area (Å²) in [6, 6.07) is 8.30. The van der Waals surface area contributed by atoms with Crippen LogP contribution in [0.4, 0.5) is 5.69 Å². The lowest BCUT2D eigenvalue weighted by atomic mass is 10.0. The second kappa shape index (κ2) is 10.5. The highest BCUT2D eigenvalue weighted by atomic mass is 32.1. The molecule has 10 heteroatoms. The molecule has 0 spiro atoms. The third-order valence-electron chi connectivity index (χ3n) is 5.20. The predicted octanol–water partition coefficient (Wildman–Crippen LogP) is 2.44. The molecule has 2 atom stereocenters. The first kappa shape index (κ1) is 24.3. The summed E-state index contributed by atoms with van der Waals surface area (Å²) in [4.78, 5) is 12.5. The van der Waals surface area contributed by atoms with Crippen LogP contribution in [0.2, 0.25) is 0 Å². The maximum absolute atomic E-state index is 12.5. The van der Waals surface area contributed by atoms with Crippen molar-refractivity contribution < 1.29 is 34.6 Å². The van der Waals surface area contributed by atoms with Crippen LogP contribution in [0.1, 0.15) is 6.92 Å². The SMILES string of the molecule is COc1ccc(-c2csnc2-c2cc(OC)c(OC)c(OC)c2)cc1NC(=O)[C@@H]([NH3+])C(C)O. The molecule has 176 valence electrons. The van der Waals surface area contributed by atoms with Crippen molar-refractivity contribution in [2.75, 3.05) is 33.8 Å². The topological polar surface area (TPSA) is 127 Å². The summed E-state index contributed by atoms with van der Waals surface area (Å²) in [6.07, 6.45) is -0.883. The zero-order valence-corrected chi connectivity index (χ0v) is 20.0. The number of hydrogen-bond donors (Lipinski definition) is 3. The fourth-order valence-electron chi connectivity index (χ4n) is 3.29. The van der Waals surface area contributed by atoms with E-state index in [9.17, 15) is 9.90 Å². The minimum Gasteiger partial charge on any atom is -0.495 e. The monoisotopic (exact) mass is 474 g/mol. The smallest absolute Gasteiger partial charge is 0.285 e. The van der Waals surface area contributed by atoms with E-state index in [0.29, 0.717) is 28.7 Å². The van der Waals surface area contributed by atoms with Gasteiger partial charge in [-0.1, -0.05) is 6.07 Å². The van der Waals surface area contributed by atoms with Gasteiger partial charge < -0.3 is 35.1 Å². The number of rotatable bonds is 9. The van der Waals surface area contributed by atoms with Gasteiger partial charge in [-0.2, -0.15) is 4.37 Å². The van der Waals surface area contributed by atoms with Crippen LogP contribution in [-0.2, 0) is 4.79 Å². The molecule has 3 aromatic rings. The van der Waals surface area contributed by atoms with Gasteiger partial charge in [0, 0.05) is 16.5 Å². The predicted molar refractivity (Wildman–Crippen MR) is 126 cm³/mol. The lowest BCUT2D eigenvalue weighted by molar-refractivity contribution is -0.418. The number of nitrogens with zero attached hydrogens (tertiary/aromatic N) is 1. The Morgan fingerprint density at radius 2 is 1.64 bits per heavy atom. The van der Waals surface area contributed by atoms with Crippen molar-refractivity contribution in [2.24, 2.45) is 0 Å². The van der Waals surface area contributed by atoms with Crippen LogP contribution < -0.4 is 30.0 Å². The first-order valence-electron chi connectivity index (χ1n) is 10.1. The van der Waals surface area contributed by atoms with Crippen molar-refractivity contribution in [1.29, 1.82) is 0 Å². The number of carbonyl (C=O) groups excluding carboxylic acids is 1. The summed E-state index contributed by atoms with van der Waals surface area (Å²) < 4.78 is 26.4. The molecule has 3 rings (SSSR count). The van der Waals surface area contributed by atoms with Gasteiger partial charge in [-0.3, -0.25) is 4.79 Å². The molecule has 5 N–H and O–H groups in total. The molecule has 9 nitrogen and oxygen atoms in total. The Morgan fingerprint density at radius 1 is 1.00 bits per heavy atom. The molecule has 1 heterocycles. The van der Waals surface area contributed by atoms with E-state index in [1.807, 2.05) is 23.6 Å². The largest absolute Gasteiger partial charge is 0.495 e. The molecule has 0 aliphatic heterocycles. The van der Waals surface area contributed by atoms with E-state index in [-0.39, 0.29) is 0 Å². The normalized spacial score (nSPS) is 12.6. The maximum Gasteiger partial charge on any atom is 0.285 e. The van der Waals surface area contributed by atoms with E-state index < -0.39 is 18.1 Å². The van der Waals surface area contributed by atoms with Crippen LogP contribution in [0.25, 0.3) is 22.4 Å². The molecule has 1 aromatic heterocycles. The summed E-state index contributed by atoms with van der Waals surface area (Å²) in [5.41, 5.74) is 7.37. The Labute approximate surface area is 196 Å². The maximum atomic E-state index is 12.5. The van der Waals surface area contributed by atoms with Gasteiger partial charge in [-0.15, -0.1) is 0 Å². The molecule has 0 saturated heterocycles. The summed E-state index contributed by atoms with van der Waals surface area (Å²) >= 11 is 1.31. The summed E-state index contributed by atoms with van der Waals surface area (Å²) in [6.45, 7) is 1.52. The number of nitrogens with one attached hydrogen (secondary N) is 1. The number of ether oxygens (including phenoxy) is 4. The molecule has 2 aromatic carbocycles. The molecular formula is C23H28N3O6S+. The minimum absolute atomic E-state index is 0.409. The van der Waals surface area contributed by atoms with Gasteiger partial charge in [-0.05, 0) is 48.3 Å². The van der Waals surface area contributed by atoms with E-state index in [2.05, 4.69) is 15.4 Å². The van der Waals surface area contributed by atoms with Crippen molar-refractivity contribution in [3.8, 4) is 45.4 Å². The number of amides is 1. The second-order valence-corrected chi connectivity index (χ2v) is 7.87. The number of aromatic nitrogens is 1. The van der Waals surface area contributed by atoms with Gasteiger partial charge in [0.1, 0.15) is 11.9 Å². The molecule has 1 amide bonds. The highest BCUT2D eigenvalue weighted by molar-refractivity contribution is 7.04. The molecule has 0 radical (unpaired) electrons. The fraction of sp³-hybridized carbons (Fsp3) is 0.304. The molecule has 0 aliphatic carbocycles. The molecule has 0 fully saturated rings. The summed E-state index contributed by atoms with van der Waals surface area (Å²) in [5.74, 6) is 1.62. The second-order valence-electron chi connectivity index (χ2n) is 7.24. The molecule has 0 bridgehead atoms. The molecule has 1 unspecified atom stereocenters. The van der Waals surface area contributed by atoms with Crippen LogP contribution in [0.15, 0.2) is 35.7 Å². The Balaban J connectivity index is 2.06. The van der Waals surface area contributed by atoms with Crippen molar-refractivity contribution >= 4 is 23.1 Å². The van der Waals surface area contributed by atoms with Gasteiger partial charge in [0.15, 0.2) is 17.5 Å². The quantitative estimate of drug-likeness (QED) is 0.435. The zero-order valence-electron chi connectivity index (χ0n) is 19.2. The fourth-order valence-corrected chi connectivity index (χ4v) is 4.00.